The first-order chi connectivity index (χ1) is 4.39. The second-order valence-electron chi connectivity index (χ2n) is 3.73. The Balaban J connectivity index is 4.56. The summed E-state index contributed by atoms with van der Waals surface area (Å²) in [5.74, 6) is 0. The van der Waals surface area contributed by atoms with E-state index in [4.69, 9.17) is 0 Å². The monoisotopic (exact) mass is 138 g/mol. The van der Waals surface area contributed by atoms with Crippen molar-refractivity contribution < 1.29 is 0 Å². The molecule has 0 heterocycles. The lowest BCUT2D eigenvalue weighted by molar-refractivity contribution is 0.510. The fraction of sp³-hybridized carbons (Fsp3) is 0.600. The van der Waals surface area contributed by atoms with Crippen molar-refractivity contribution in [2.75, 3.05) is 0 Å². The first kappa shape index (κ1) is 9.48. The molecule has 58 valence electrons. The molecule has 0 bridgehead atoms. The molecule has 0 aromatic heterocycles. The fourth-order valence-electron chi connectivity index (χ4n) is 1.32. The molecule has 0 aliphatic heterocycles. The normalized spacial score (nSPS) is 13.5. The van der Waals surface area contributed by atoms with E-state index in [1.165, 1.54) is 11.1 Å². The van der Waals surface area contributed by atoms with Gasteiger partial charge in [-0.1, -0.05) is 39.0 Å². The van der Waals surface area contributed by atoms with E-state index in [1.54, 1.807) is 0 Å². The van der Waals surface area contributed by atoms with E-state index in [1.807, 2.05) is 0 Å². The van der Waals surface area contributed by atoms with Crippen LogP contribution in [0.1, 0.15) is 34.6 Å². The largest absolute Gasteiger partial charge is 0.0958 e. The van der Waals surface area contributed by atoms with E-state index in [0.717, 1.165) is 0 Å². The SMILES string of the molecule is C=C(C)C(=CC)C(C)(C)C. The first-order valence-electron chi connectivity index (χ1n) is 3.72. The lowest BCUT2D eigenvalue weighted by Gasteiger charge is -2.22. The highest BCUT2D eigenvalue weighted by Gasteiger charge is 2.15. The van der Waals surface area contributed by atoms with Crippen LogP contribution in [0, 0.1) is 5.41 Å². The van der Waals surface area contributed by atoms with Crippen molar-refractivity contribution in [3.8, 4) is 0 Å². The van der Waals surface area contributed by atoms with Gasteiger partial charge in [0.25, 0.3) is 0 Å². The van der Waals surface area contributed by atoms with Gasteiger partial charge in [-0.3, -0.25) is 0 Å². The smallest absolute Gasteiger partial charge is 0.0133 e. The molecule has 0 unspecified atom stereocenters. The van der Waals surface area contributed by atoms with Gasteiger partial charge in [-0.2, -0.15) is 0 Å². The number of hydrogen-bond donors (Lipinski definition) is 0. The van der Waals surface area contributed by atoms with Crippen molar-refractivity contribution in [3.63, 3.8) is 0 Å². The Morgan fingerprint density at radius 3 is 1.70 bits per heavy atom. The van der Waals surface area contributed by atoms with Crippen LogP contribution in [0.5, 0.6) is 0 Å². The second-order valence-corrected chi connectivity index (χ2v) is 3.73. The minimum atomic E-state index is 0.251. The molecular formula is C10H18. The van der Waals surface area contributed by atoms with Crippen molar-refractivity contribution in [2.24, 2.45) is 5.41 Å². The van der Waals surface area contributed by atoms with Crippen LogP contribution in [0.3, 0.4) is 0 Å². The zero-order valence-corrected chi connectivity index (χ0v) is 7.78. The standard InChI is InChI=1S/C10H18/c1-7-9(8(2)3)10(4,5)6/h7H,2H2,1,3-6H3. The molecule has 0 saturated carbocycles. The Labute approximate surface area is 64.6 Å². The molecule has 0 atom stereocenters. The van der Waals surface area contributed by atoms with Gasteiger partial charge in [0.1, 0.15) is 0 Å². The van der Waals surface area contributed by atoms with E-state index < -0.39 is 0 Å². The summed E-state index contributed by atoms with van der Waals surface area (Å²) in [4.78, 5) is 0. The summed E-state index contributed by atoms with van der Waals surface area (Å²) in [6.45, 7) is 14.7. The summed E-state index contributed by atoms with van der Waals surface area (Å²) in [7, 11) is 0. The summed E-state index contributed by atoms with van der Waals surface area (Å²) in [5, 5.41) is 0. The Kier molecular flexibility index (Phi) is 2.89. The van der Waals surface area contributed by atoms with Gasteiger partial charge in [0.2, 0.25) is 0 Å². The van der Waals surface area contributed by atoms with E-state index in [2.05, 4.69) is 47.3 Å². The van der Waals surface area contributed by atoms with E-state index in [0.29, 0.717) is 0 Å². The van der Waals surface area contributed by atoms with Crippen LogP contribution in [0.15, 0.2) is 23.8 Å². The highest BCUT2D eigenvalue weighted by atomic mass is 14.2. The lowest BCUT2D eigenvalue weighted by atomic mass is 9.83. The Morgan fingerprint density at radius 1 is 1.30 bits per heavy atom. The highest BCUT2D eigenvalue weighted by molar-refractivity contribution is 5.30. The van der Waals surface area contributed by atoms with Gasteiger partial charge in [-0.05, 0) is 24.8 Å². The van der Waals surface area contributed by atoms with Crippen molar-refractivity contribution in [2.45, 2.75) is 34.6 Å². The molecule has 0 aromatic carbocycles. The third-order valence-electron chi connectivity index (χ3n) is 1.56. The number of hydrogen-bond acceptors (Lipinski definition) is 0. The van der Waals surface area contributed by atoms with Crippen LogP contribution in [0.4, 0.5) is 0 Å². The molecule has 0 nitrogen and oxygen atoms in total. The van der Waals surface area contributed by atoms with E-state index >= 15 is 0 Å². The molecule has 0 aromatic rings. The lowest BCUT2D eigenvalue weighted by Crippen LogP contribution is -2.09. The summed E-state index contributed by atoms with van der Waals surface area (Å²) in [6.07, 6.45) is 2.14. The maximum Gasteiger partial charge on any atom is -0.0133 e. The zero-order chi connectivity index (χ0) is 8.36. The highest BCUT2D eigenvalue weighted by Crippen LogP contribution is 2.29. The molecule has 0 fully saturated rings. The summed E-state index contributed by atoms with van der Waals surface area (Å²) < 4.78 is 0. The third kappa shape index (κ3) is 2.38. The van der Waals surface area contributed by atoms with Gasteiger partial charge in [0, 0.05) is 0 Å². The predicted molar refractivity (Wildman–Crippen MR) is 48.0 cm³/mol. The minimum absolute atomic E-state index is 0.251. The molecule has 0 saturated heterocycles. The van der Waals surface area contributed by atoms with Gasteiger partial charge in [-0.25, -0.2) is 0 Å². The van der Waals surface area contributed by atoms with Gasteiger partial charge in [0.05, 0.1) is 0 Å². The first-order valence-corrected chi connectivity index (χ1v) is 3.72. The van der Waals surface area contributed by atoms with Crippen LogP contribution in [-0.2, 0) is 0 Å². The summed E-state index contributed by atoms with van der Waals surface area (Å²) in [6, 6.07) is 0. The molecule has 0 amide bonds. The average molecular weight is 138 g/mol. The van der Waals surface area contributed by atoms with Crippen LogP contribution in [0.2, 0.25) is 0 Å². The second kappa shape index (κ2) is 3.05. The molecular weight excluding hydrogens is 120 g/mol. The molecule has 10 heavy (non-hydrogen) atoms. The molecule has 0 radical (unpaired) electrons. The molecule has 0 rings (SSSR count). The topological polar surface area (TPSA) is 0 Å². The summed E-state index contributed by atoms with van der Waals surface area (Å²) >= 11 is 0. The minimum Gasteiger partial charge on any atom is -0.0958 e. The van der Waals surface area contributed by atoms with Crippen LogP contribution >= 0.6 is 0 Å². The molecule has 0 heteroatoms. The van der Waals surface area contributed by atoms with E-state index in [-0.39, 0.29) is 5.41 Å². The van der Waals surface area contributed by atoms with Gasteiger partial charge in [-0.15, -0.1) is 0 Å². The van der Waals surface area contributed by atoms with Crippen LogP contribution in [0.25, 0.3) is 0 Å². The zero-order valence-electron chi connectivity index (χ0n) is 7.78. The molecule has 0 N–H and O–H groups in total. The maximum absolute atomic E-state index is 3.92. The van der Waals surface area contributed by atoms with Gasteiger partial charge >= 0.3 is 0 Å². The number of allylic oxidation sites excluding steroid dienone is 3. The van der Waals surface area contributed by atoms with Gasteiger partial charge < -0.3 is 0 Å². The van der Waals surface area contributed by atoms with Crippen LogP contribution in [-0.4, -0.2) is 0 Å². The van der Waals surface area contributed by atoms with Crippen LogP contribution < -0.4 is 0 Å². The van der Waals surface area contributed by atoms with Crippen molar-refractivity contribution in [1.29, 1.82) is 0 Å². The fourth-order valence-corrected chi connectivity index (χ4v) is 1.32. The molecule has 0 aliphatic rings. The van der Waals surface area contributed by atoms with Crippen molar-refractivity contribution in [1.82, 2.24) is 0 Å². The quantitative estimate of drug-likeness (QED) is 0.486. The Bertz CT molecular complexity index is 153. The van der Waals surface area contributed by atoms with E-state index in [9.17, 15) is 0 Å². The van der Waals surface area contributed by atoms with Crippen molar-refractivity contribution in [3.05, 3.63) is 23.8 Å². The van der Waals surface area contributed by atoms with Gasteiger partial charge in [0.15, 0.2) is 0 Å². The predicted octanol–water partition coefficient (Wildman–Crippen LogP) is 3.55. The summed E-state index contributed by atoms with van der Waals surface area (Å²) in [5.41, 5.74) is 2.78. The van der Waals surface area contributed by atoms with Crippen molar-refractivity contribution >= 4 is 0 Å². The number of rotatable bonds is 1. The molecule has 0 aliphatic carbocycles. The Morgan fingerprint density at radius 2 is 1.70 bits per heavy atom. The third-order valence-corrected chi connectivity index (χ3v) is 1.56. The maximum atomic E-state index is 3.92. The average Bonchev–Trinajstić information content (AvgIpc) is 1.60. The molecule has 0 spiro atoms. The Hall–Kier alpha value is -0.520.